The van der Waals surface area contributed by atoms with Crippen molar-refractivity contribution in [3.8, 4) is 5.75 Å². The van der Waals surface area contributed by atoms with Crippen molar-refractivity contribution in [2.75, 3.05) is 13.7 Å². The second-order valence-electron chi connectivity index (χ2n) is 8.11. The predicted octanol–water partition coefficient (Wildman–Crippen LogP) is 2.53. The van der Waals surface area contributed by atoms with Gasteiger partial charge in [0.15, 0.2) is 0 Å². The number of aliphatic carboxylic acids is 1. The number of carbonyl (C=O) groups is 3. The van der Waals surface area contributed by atoms with Crippen LogP contribution in [0.2, 0.25) is 0 Å². The van der Waals surface area contributed by atoms with Crippen molar-refractivity contribution < 1.29 is 29.3 Å². The molecule has 0 saturated heterocycles. The van der Waals surface area contributed by atoms with E-state index < -0.39 is 36.4 Å². The van der Waals surface area contributed by atoms with Gasteiger partial charge in [-0.2, -0.15) is 0 Å². The first kappa shape index (κ1) is 25.9. The van der Waals surface area contributed by atoms with Crippen LogP contribution < -0.4 is 10.6 Å². The Balaban J connectivity index is 2.01. The van der Waals surface area contributed by atoms with E-state index in [0.29, 0.717) is 13.0 Å². The quantitative estimate of drug-likeness (QED) is 0.362. The maximum Gasteiger partial charge on any atom is 0.328 e. The lowest BCUT2D eigenvalue weighted by atomic mass is 9.96. The summed E-state index contributed by atoms with van der Waals surface area (Å²) in [5, 5.41) is 24.6. The first-order chi connectivity index (χ1) is 15.7. The van der Waals surface area contributed by atoms with E-state index in [1.54, 1.807) is 6.07 Å². The van der Waals surface area contributed by atoms with Crippen LogP contribution in [0, 0.1) is 6.92 Å². The summed E-state index contributed by atoms with van der Waals surface area (Å²) >= 11 is 0. The summed E-state index contributed by atoms with van der Waals surface area (Å²) in [7, 11) is 1.24. The van der Waals surface area contributed by atoms with Crippen LogP contribution in [0.25, 0.3) is 0 Å². The first-order valence-corrected chi connectivity index (χ1v) is 10.9. The number of methoxy groups -OCH3 is 1. The zero-order valence-corrected chi connectivity index (χ0v) is 19.2. The number of aromatic hydroxyl groups is 1. The Labute approximate surface area is 194 Å². The Hall–Kier alpha value is -3.39. The zero-order valence-electron chi connectivity index (χ0n) is 19.2. The van der Waals surface area contributed by atoms with Crippen molar-refractivity contribution in [3.63, 3.8) is 0 Å². The Bertz CT molecular complexity index is 947. The number of carboxylic acid groups (broad SMARTS) is 1. The van der Waals surface area contributed by atoms with Gasteiger partial charge in [0.05, 0.1) is 19.6 Å². The minimum absolute atomic E-state index is 0.131. The highest BCUT2D eigenvalue weighted by Gasteiger charge is 2.27. The van der Waals surface area contributed by atoms with Gasteiger partial charge in [0.2, 0.25) is 5.91 Å². The van der Waals surface area contributed by atoms with Gasteiger partial charge in [0, 0.05) is 6.42 Å². The molecular weight excluding hydrogens is 424 g/mol. The number of hydrogen-bond donors (Lipinski definition) is 4. The number of carbonyl (C=O) groups excluding carboxylic acids is 2. The zero-order chi connectivity index (χ0) is 24.4. The predicted molar refractivity (Wildman–Crippen MR) is 124 cm³/mol. The van der Waals surface area contributed by atoms with E-state index in [1.165, 1.54) is 7.11 Å². The number of carboxylic acids is 1. The van der Waals surface area contributed by atoms with Crippen LogP contribution in [0.5, 0.6) is 5.75 Å². The monoisotopic (exact) mass is 456 g/mol. The summed E-state index contributed by atoms with van der Waals surface area (Å²) in [5.74, 6) is -1.93. The lowest BCUT2D eigenvalue weighted by molar-refractivity contribution is -0.145. The number of rotatable bonds is 12. The molecule has 0 aromatic heterocycles. The number of phenolic OH excluding ortho intramolecular Hbond substituents is 1. The molecule has 0 aliphatic carbocycles. The number of hydrogen-bond acceptors (Lipinski definition) is 6. The van der Waals surface area contributed by atoms with E-state index in [2.05, 4.69) is 10.6 Å². The smallest absolute Gasteiger partial charge is 0.328 e. The van der Waals surface area contributed by atoms with E-state index in [4.69, 9.17) is 4.74 Å². The molecule has 0 aliphatic heterocycles. The van der Waals surface area contributed by atoms with Crippen molar-refractivity contribution in [2.45, 2.75) is 51.1 Å². The molecule has 2 aromatic carbocycles. The largest absolute Gasteiger partial charge is 0.508 e. The molecule has 1 amide bonds. The number of benzene rings is 2. The number of phenols is 1. The molecule has 0 unspecified atom stereocenters. The highest BCUT2D eigenvalue weighted by atomic mass is 16.5. The number of esters is 1. The van der Waals surface area contributed by atoms with Crippen LogP contribution >= 0.6 is 0 Å². The summed E-state index contributed by atoms with van der Waals surface area (Å²) in [4.78, 5) is 36.4. The molecule has 4 N–H and O–H groups in total. The van der Waals surface area contributed by atoms with Crippen LogP contribution in [0.15, 0.2) is 48.5 Å². The summed E-state index contributed by atoms with van der Waals surface area (Å²) in [5.41, 5.74) is 2.66. The van der Waals surface area contributed by atoms with Gasteiger partial charge in [0.25, 0.3) is 0 Å². The molecule has 0 heterocycles. The summed E-state index contributed by atoms with van der Waals surface area (Å²) in [6.07, 6.45) is 0.464. The van der Waals surface area contributed by atoms with Gasteiger partial charge in [-0.25, -0.2) is 4.79 Å². The molecule has 8 nitrogen and oxygen atoms in total. The van der Waals surface area contributed by atoms with Crippen LogP contribution in [-0.2, 0) is 25.5 Å². The van der Waals surface area contributed by atoms with Crippen LogP contribution in [0.3, 0.4) is 0 Å². The van der Waals surface area contributed by atoms with Gasteiger partial charge in [-0.1, -0.05) is 49.4 Å². The molecule has 8 heteroatoms. The van der Waals surface area contributed by atoms with E-state index >= 15 is 0 Å². The molecule has 0 aliphatic rings. The Kier molecular flexibility index (Phi) is 9.87. The molecule has 0 spiro atoms. The highest BCUT2D eigenvalue weighted by Crippen LogP contribution is 2.24. The third kappa shape index (κ3) is 8.23. The lowest BCUT2D eigenvalue weighted by Gasteiger charge is -2.22. The second-order valence-corrected chi connectivity index (χ2v) is 8.11. The molecule has 0 saturated carbocycles. The minimum atomic E-state index is -1.12. The Morgan fingerprint density at radius 2 is 1.76 bits per heavy atom. The second kappa shape index (κ2) is 12.6. The van der Waals surface area contributed by atoms with Gasteiger partial charge in [-0.05, 0) is 48.6 Å². The fraction of sp³-hybridized carbons (Fsp3) is 0.400. The minimum Gasteiger partial charge on any atom is -0.508 e. The lowest BCUT2D eigenvalue weighted by Crippen LogP contribution is -2.52. The SMILES string of the molecule is COC(=O)[C@H](Cc1ccccc1)NC(=O)[C@H](CC(=O)O)NCC[C@H](C)c1ccc(O)c(C)c1. The summed E-state index contributed by atoms with van der Waals surface area (Å²) in [6, 6.07) is 12.7. The van der Waals surface area contributed by atoms with Crippen LogP contribution in [-0.4, -0.2) is 53.8 Å². The van der Waals surface area contributed by atoms with Crippen LogP contribution in [0.1, 0.15) is 42.4 Å². The molecular formula is C25H32N2O6. The topological polar surface area (TPSA) is 125 Å². The maximum atomic E-state index is 12.9. The van der Waals surface area contributed by atoms with Crippen molar-refractivity contribution in [2.24, 2.45) is 0 Å². The number of aryl methyl sites for hydroxylation is 1. The third-order valence-corrected chi connectivity index (χ3v) is 5.54. The van der Waals surface area contributed by atoms with Crippen molar-refractivity contribution >= 4 is 17.8 Å². The summed E-state index contributed by atoms with van der Waals surface area (Å²) < 4.78 is 4.82. The first-order valence-electron chi connectivity index (χ1n) is 10.9. The molecule has 2 rings (SSSR count). The van der Waals surface area contributed by atoms with E-state index in [-0.39, 0.29) is 18.1 Å². The highest BCUT2D eigenvalue weighted by molar-refractivity contribution is 5.90. The summed E-state index contributed by atoms with van der Waals surface area (Å²) in [6.45, 7) is 4.24. The normalized spacial score (nSPS) is 13.5. The van der Waals surface area contributed by atoms with Gasteiger partial charge in [-0.15, -0.1) is 0 Å². The third-order valence-electron chi connectivity index (χ3n) is 5.54. The van der Waals surface area contributed by atoms with E-state index in [0.717, 1.165) is 16.7 Å². The Morgan fingerprint density at radius 1 is 1.06 bits per heavy atom. The van der Waals surface area contributed by atoms with Gasteiger partial charge in [-0.3, -0.25) is 9.59 Å². The van der Waals surface area contributed by atoms with Gasteiger partial charge < -0.3 is 25.6 Å². The molecule has 0 radical (unpaired) electrons. The van der Waals surface area contributed by atoms with E-state index in [9.17, 15) is 24.6 Å². The van der Waals surface area contributed by atoms with Crippen molar-refractivity contribution in [3.05, 3.63) is 65.2 Å². The molecule has 33 heavy (non-hydrogen) atoms. The van der Waals surface area contributed by atoms with Crippen molar-refractivity contribution in [1.29, 1.82) is 0 Å². The van der Waals surface area contributed by atoms with E-state index in [1.807, 2.05) is 56.3 Å². The average Bonchev–Trinajstić information content (AvgIpc) is 2.79. The molecule has 2 aromatic rings. The van der Waals surface area contributed by atoms with Crippen molar-refractivity contribution in [1.82, 2.24) is 10.6 Å². The molecule has 3 atom stereocenters. The maximum absolute atomic E-state index is 12.9. The van der Waals surface area contributed by atoms with Gasteiger partial charge in [0.1, 0.15) is 11.8 Å². The fourth-order valence-electron chi connectivity index (χ4n) is 3.52. The molecule has 0 bridgehead atoms. The average molecular weight is 457 g/mol. The Morgan fingerprint density at radius 3 is 2.36 bits per heavy atom. The van der Waals surface area contributed by atoms with Gasteiger partial charge >= 0.3 is 11.9 Å². The number of nitrogens with one attached hydrogen (secondary N) is 2. The standard InChI is InChI=1S/C25H32N2O6/c1-16(19-9-10-22(28)17(2)13-19)11-12-26-20(15-23(29)30)24(31)27-21(25(32)33-3)14-18-7-5-4-6-8-18/h4-10,13,16,20-21,26,28H,11-12,14-15H2,1-3H3,(H,27,31)(H,29,30)/t16-,20-,21-/m0/s1. The van der Waals surface area contributed by atoms with Crippen LogP contribution in [0.4, 0.5) is 0 Å². The molecule has 0 fully saturated rings. The molecule has 178 valence electrons. The fourth-order valence-corrected chi connectivity index (χ4v) is 3.52. The number of ether oxygens (including phenoxy) is 1. The number of amides is 1.